The maximum atomic E-state index is 12.4. The van der Waals surface area contributed by atoms with Gasteiger partial charge in [0.1, 0.15) is 0 Å². The van der Waals surface area contributed by atoms with Crippen LogP contribution >= 0.6 is 0 Å². The van der Waals surface area contributed by atoms with Crippen molar-refractivity contribution in [2.24, 2.45) is 0 Å². The number of benzene rings is 2. The fraction of sp³-hybridized carbons (Fsp3) is 0.333. The van der Waals surface area contributed by atoms with Crippen LogP contribution in [0.3, 0.4) is 0 Å². The van der Waals surface area contributed by atoms with E-state index in [4.69, 9.17) is 4.74 Å². The lowest BCUT2D eigenvalue weighted by Gasteiger charge is -2.09. The summed E-state index contributed by atoms with van der Waals surface area (Å²) in [6.07, 6.45) is 0. The van der Waals surface area contributed by atoms with Crippen molar-refractivity contribution in [3.05, 3.63) is 70.8 Å². The molecule has 0 radical (unpaired) electrons. The van der Waals surface area contributed by atoms with Crippen LogP contribution in [-0.2, 0) is 22.6 Å². The zero-order valence-corrected chi connectivity index (χ0v) is 15.9. The zero-order chi connectivity index (χ0) is 19.5. The molecule has 0 heterocycles. The number of nitrogens with one attached hydrogen (secondary N) is 3. The summed E-state index contributed by atoms with van der Waals surface area (Å²) < 4.78 is 4.91. The fourth-order valence-corrected chi connectivity index (χ4v) is 2.45. The Labute approximate surface area is 160 Å². The van der Waals surface area contributed by atoms with Crippen LogP contribution in [-0.4, -0.2) is 38.6 Å². The quantitative estimate of drug-likeness (QED) is 0.558. The van der Waals surface area contributed by atoms with Crippen molar-refractivity contribution in [3.63, 3.8) is 0 Å². The lowest BCUT2D eigenvalue weighted by molar-refractivity contribution is -0.120. The number of ether oxygens (including phenoxy) is 1. The molecule has 3 N–H and O–H groups in total. The van der Waals surface area contributed by atoms with Gasteiger partial charge >= 0.3 is 0 Å². The van der Waals surface area contributed by atoms with Crippen LogP contribution in [0, 0.1) is 6.92 Å². The van der Waals surface area contributed by atoms with Gasteiger partial charge in [-0.25, -0.2) is 0 Å². The number of rotatable bonds is 10. The van der Waals surface area contributed by atoms with Crippen molar-refractivity contribution < 1.29 is 14.3 Å². The predicted molar refractivity (Wildman–Crippen MR) is 105 cm³/mol. The van der Waals surface area contributed by atoms with E-state index in [9.17, 15) is 9.59 Å². The van der Waals surface area contributed by atoms with Gasteiger partial charge in [0.15, 0.2) is 0 Å². The second kappa shape index (κ2) is 11.1. The molecule has 0 bridgehead atoms. The van der Waals surface area contributed by atoms with Gasteiger partial charge in [0, 0.05) is 32.3 Å². The zero-order valence-electron chi connectivity index (χ0n) is 15.9. The minimum atomic E-state index is -0.134. The Morgan fingerprint density at radius 1 is 0.963 bits per heavy atom. The first-order valence-electron chi connectivity index (χ1n) is 8.97. The smallest absolute Gasteiger partial charge is 0.251 e. The average Bonchev–Trinajstić information content (AvgIpc) is 2.69. The van der Waals surface area contributed by atoms with Crippen molar-refractivity contribution in [2.75, 3.05) is 26.8 Å². The molecule has 0 spiro atoms. The maximum Gasteiger partial charge on any atom is 0.251 e. The van der Waals surface area contributed by atoms with Crippen LogP contribution in [0.15, 0.2) is 48.5 Å². The Bertz CT molecular complexity index is 745. The Morgan fingerprint density at radius 2 is 1.70 bits per heavy atom. The third kappa shape index (κ3) is 7.60. The minimum absolute atomic E-state index is 0.0969. The van der Waals surface area contributed by atoms with E-state index in [1.807, 2.05) is 43.3 Å². The fourth-order valence-electron chi connectivity index (χ4n) is 2.45. The Morgan fingerprint density at radius 3 is 2.44 bits per heavy atom. The van der Waals surface area contributed by atoms with Gasteiger partial charge in [-0.1, -0.05) is 42.0 Å². The maximum absolute atomic E-state index is 12.4. The molecular weight excluding hydrogens is 342 g/mol. The molecule has 2 aromatic carbocycles. The van der Waals surface area contributed by atoms with Crippen molar-refractivity contribution in [1.82, 2.24) is 16.0 Å². The molecule has 0 aromatic heterocycles. The van der Waals surface area contributed by atoms with Gasteiger partial charge in [0.25, 0.3) is 5.91 Å². The predicted octanol–water partition coefficient (Wildman–Crippen LogP) is 1.78. The van der Waals surface area contributed by atoms with Crippen LogP contribution < -0.4 is 16.0 Å². The molecular formula is C21H27N3O3. The van der Waals surface area contributed by atoms with Crippen LogP contribution in [0.1, 0.15) is 27.0 Å². The summed E-state index contributed by atoms with van der Waals surface area (Å²) in [5, 5.41) is 8.74. The molecule has 27 heavy (non-hydrogen) atoms. The SMILES string of the molecule is COCCNCC(=O)NCc1cccc(C(=O)NCc2ccc(C)cc2)c1. The molecule has 0 saturated carbocycles. The average molecular weight is 369 g/mol. The van der Waals surface area contributed by atoms with E-state index < -0.39 is 0 Å². The highest BCUT2D eigenvalue weighted by Gasteiger charge is 2.07. The molecule has 2 aromatic rings. The largest absolute Gasteiger partial charge is 0.383 e. The van der Waals surface area contributed by atoms with E-state index in [2.05, 4.69) is 16.0 Å². The Balaban J connectivity index is 1.80. The molecule has 2 amide bonds. The first-order valence-corrected chi connectivity index (χ1v) is 8.97. The molecule has 6 heteroatoms. The number of methoxy groups -OCH3 is 1. The van der Waals surface area contributed by atoms with Crippen molar-refractivity contribution in [2.45, 2.75) is 20.0 Å². The highest BCUT2D eigenvalue weighted by atomic mass is 16.5. The number of aryl methyl sites for hydroxylation is 1. The van der Waals surface area contributed by atoms with E-state index in [1.54, 1.807) is 19.2 Å². The number of carbonyl (C=O) groups excluding carboxylic acids is 2. The third-order valence-electron chi connectivity index (χ3n) is 4.02. The highest BCUT2D eigenvalue weighted by molar-refractivity contribution is 5.94. The molecule has 144 valence electrons. The van der Waals surface area contributed by atoms with E-state index in [1.165, 1.54) is 5.56 Å². The molecule has 0 aliphatic carbocycles. The summed E-state index contributed by atoms with van der Waals surface area (Å²) in [4.78, 5) is 24.1. The van der Waals surface area contributed by atoms with Crippen LogP contribution in [0.4, 0.5) is 0 Å². The van der Waals surface area contributed by atoms with Crippen molar-refractivity contribution in [1.29, 1.82) is 0 Å². The summed E-state index contributed by atoms with van der Waals surface area (Å²) in [5.74, 6) is -0.231. The number of hydrogen-bond acceptors (Lipinski definition) is 4. The van der Waals surface area contributed by atoms with Gasteiger partial charge in [-0.2, -0.15) is 0 Å². The first kappa shape index (κ1) is 20.6. The lowest BCUT2D eigenvalue weighted by atomic mass is 10.1. The van der Waals surface area contributed by atoms with Gasteiger partial charge in [0.05, 0.1) is 13.2 Å². The van der Waals surface area contributed by atoms with Crippen molar-refractivity contribution >= 4 is 11.8 Å². The first-order chi connectivity index (χ1) is 13.1. The number of hydrogen-bond donors (Lipinski definition) is 3. The molecule has 0 unspecified atom stereocenters. The molecule has 0 aliphatic rings. The van der Waals surface area contributed by atoms with Crippen LogP contribution in [0.5, 0.6) is 0 Å². The van der Waals surface area contributed by atoms with Gasteiger partial charge in [-0.05, 0) is 30.2 Å². The standard InChI is InChI=1S/C21H27N3O3/c1-16-6-8-17(9-7-16)13-24-21(26)19-5-3-4-18(12-19)14-23-20(25)15-22-10-11-27-2/h3-9,12,22H,10-11,13-15H2,1-2H3,(H,23,25)(H,24,26). The van der Waals surface area contributed by atoms with Crippen LogP contribution in [0.2, 0.25) is 0 Å². The van der Waals surface area contributed by atoms with E-state index in [0.29, 0.717) is 31.8 Å². The summed E-state index contributed by atoms with van der Waals surface area (Å²) in [6.45, 7) is 4.31. The van der Waals surface area contributed by atoms with E-state index in [-0.39, 0.29) is 18.4 Å². The molecule has 0 atom stereocenters. The summed E-state index contributed by atoms with van der Waals surface area (Å²) >= 11 is 0. The third-order valence-corrected chi connectivity index (χ3v) is 4.02. The molecule has 0 saturated heterocycles. The number of carbonyl (C=O) groups is 2. The van der Waals surface area contributed by atoms with Gasteiger partial charge < -0.3 is 20.7 Å². The van der Waals surface area contributed by atoms with Crippen LogP contribution in [0.25, 0.3) is 0 Å². The van der Waals surface area contributed by atoms with Crippen molar-refractivity contribution in [3.8, 4) is 0 Å². The molecule has 6 nitrogen and oxygen atoms in total. The topological polar surface area (TPSA) is 79.5 Å². The molecule has 2 rings (SSSR count). The lowest BCUT2D eigenvalue weighted by Crippen LogP contribution is -2.34. The van der Waals surface area contributed by atoms with Gasteiger partial charge in [-0.15, -0.1) is 0 Å². The number of amides is 2. The minimum Gasteiger partial charge on any atom is -0.383 e. The monoisotopic (exact) mass is 369 g/mol. The normalized spacial score (nSPS) is 10.4. The summed E-state index contributed by atoms with van der Waals surface area (Å²) in [5.41, 5.74) is 3.70. The summed E-state index contributed by atoms with van der Waals surface area (Å²) in [7, 11) is 1.62. The Kier molecular flexibility index (Phi) is 8.48. The van der Waals surface area contributed by atoms with E-state index >= 15 is 0 Å². The summed E-state index contributed by atoms with van der Waals surface area (Å²) in [6, 6.07) is 15.3. The highest BCUT2D eigenvalue weighted by Crippen LogP contribution is 2.07. The van der Waals surface area contributed by atoms with Gasteiger partial charge in [0.2, 0.25) is 5.91 Å². The second-order valence-electron chi connectivity index (χ2n) is 6.31. The second-order valence-corrected chi connectivity index (χ2v) is 6.31. The molecule has 0 aliphatic heterocycles. The molecule has 0 fully saturated rings. The Hall–Kier alpha value is -2.70. The van der Waals surface area contributed by atoms with E-state index in [0.717, 1.165) is 11.1 Å². The van der Waals surface area contributed by atoms with Gasteiger partial charge in [-0.3, -0.25) is 9.59 Å².